The Balaban J connectivity index is 1.47. The molecule has 1 aromatic heterocycles. The molecule has 0 radical (unpaired) electrons. The molecule has 0 unspecified atom stereocenters. The number of aliphatic imine (C=N–C) groups is 1. The van der Waals surface area contributed by atoms with E-state index in [4.69, 9.17) is 14.6 Å². The minimum atomic E-state index is -0.382. The number of amides is 1. The van der Waals surface area contributed by atoms with Crippen LogP contribution in [0.5, 0.6) is 0 Å². The summed E-state index contributed by atoms with van der Waals surface area (Å²) in [5.74, 6) is -0.406. The molecule has 3 aliphatic heterocycles. The van der Waals surface area contributed by atoms with Crippen LogP contribution in [-0.2, 0) is 33.7 Å². The average molecular weight is 400 g/mol. The maximum absolute atomic E-state index is 12.8. The van der Waals surface area contributed by atoms with Crippen LogP contribution < -0.4 is 5.32 Å². The van der Waals surface area contributed by atoms with Gasteiger partial charge in [0.25, 0.3) is 5.91 Å². The third kappa shape index (κ3) is 4.12. The molecule has 0 saturated carbocycles. The number of carbonyl (C=O) groups is 2. The Morgan fingerprint density at radius 1 is 1.38 bits per heavy atom. The lowest BCUT2D eigenvalue weighted by atomic mass is 9.76. The second kappa shape index (κ2) is 8.49. The van der Waals surface area contributed by atoms with E-state index in [1.165, 1.54) is 0 Å². The van der Waals surface area contributed by atoms with Gasteiger partial charge in [-0.3, -0.25) is 14.5 Å². The van der Waals surface area contributed by atoms with E-state index in [1.54, 1.807) is 6.08 Å². The molecule has 1 saturated heterocycles. The van der Waals surface area contributed by atoms with Crippen molar-refractivity contribution in [2.75, 3.05) is 32.9 Å². The van der Waals surface area contributed by atoms with Gasteiger partial charge < -0.3 is 14.8 Å². The minimum Gasteiger partial charge on any atom is -0.461 e. The first-order chi connectivity index (χ1) is 14.1. The molecule has 4 rings (SSSR count). The van der Waals surface area contributed by atoms with Gasteiger partial charge in [0, 0.05) is 32.7 Å². The van der Waals surface area contributed by atoms with Crippen molar-refractivity contribution in [1.29, 1.82) is 0 Å². The van der Waals surface area contributed by atoms with Gasteiger partial charge in [-0.05, 0) is 37.2 Å². The number of nitrogens with zero attached hydrogens (tertiary/aromatic N) is 3. The van der Waals surface area contributed by atoms with Crippen LogP contribution in [0.1, 0.15) is 47.9 Å². The molecule has 8 nitrogen and oxygen atoms in total. The van der Waals surface area contributed by atoms with Gasteiger partial charge in [-0.2, -0.15) is 5.10 Å². The van der Waals surface area contributed by atoms with Crippen molar-refractivity contribution in [3.63, 3.8) is 0 Å². The highest BCUT2D eigenvalue weighted by Gasteiger charge is 2.39. The van der Waals surface area contributed by atoms with Crippen LogP contribution in [0.2, 0.25) is 0 Å². The Morgan fingerprint density at radius 3 is 2.93 bits per heavy atom. The van der Waals surface area contributed by atoms with Crippen LogP contribution in [0.4, 0.5) is 0 Å². The Kier molecular flexibility index (Phi) is 5.80. The number of ether oxygens (including phenoxy) is 2. The van der Waals surface area contributed by atoms with Crippen LogP contribution >= 0.6 is 0 Å². The van der Waals surface area contributed by atoms with Gasteiger partial charge in [0.1, 0.15) is 5.71 Å². The Labute approximate surface area is 170 Å². The van der Waals surface area contributed by atoms with Crippen LogP contribution in [0, 0.1) is 5.41 Å². The van der Waals surface area contributed by atoms with Crippen molar-refractivity contribution in [3.8, 4) is 0 Å². The zero-order valence-corrected chi connectivity index (χ0v) is 16.9. The first-order valence-corrected chi connectivity index (χ1v) is 10.4. The lowest BCUT2D eigenvalue weighted by Gasteiger charge is -2.36. The van der Waals surface area contributed by atoms with Crippen molar-refractivity contribution < 1.29 is 19.1 Å². The molecule has 29 heavy (non-hydrogen) atoms. The number of nitrogens with one attached hydrogen (secondary N) is 1. The normalized spacial score (nSPS) is 20.2. The summed E-state index contributed by atoms with van der Waals surface area (Å²) < 4.78 is 12.8. The smallest absolute Gasteiger partial charge is 0.356 e. The van der Waals surface area contributed by atoms with Crippen molar-refractivity contribution in [2.45, 2.75) is 45.6 Å². The molecule has 0 atom stereocenters. The highest BCUT2D eigenvalue weighted by Crippen LogP contribution is 2.37. The molecule has 1 aromatic rings. The molecular weight excluding hydrogens is 372 g/mol. The number of aryl methyl sites for hydroxylation is 2. The molecule has 4 heterocycles. The Bertz CT molecular complexity index is 849. The molecule has 0 aromatic carbocycles. The lowest BCUT2D eigenvalue weighted by Crippen LogP contribution is -2.40. The minimum absolute atomic E-state index is 0.0241. The Hall–Kier alpha value is -2.48. The van der Waals surface area contributed by atoms with Crippen molar-refractivity contribution >= 4 is 17.6 Å². The molecule has 1 amide bonds. The molecular formula is C21H28N4O4. The monoisotopic (exact) mass is 400 g/mol. The lowest BCUT2D eigenvalue weighted by molar-refractivity contribution is -0.135. The maximum Gasteiger partial charge on any atom is 0.356 e. The largest absolute Gasteiger partial charge is 0.461 e. The summed E-state index contributed by atoms with van der Waals surface area (Å²) in [7, 11) is 0. The topological polar surface area (TPSA) is 94.8 Å². The predicted octanol–water partition coefficient (Wildman–Crippen LogP) is 1.47. The van der Waals surface area contributed by atoms with Gasteiger partial charge in [0.05, 0.1) is 30.1 Å². The average Bonchev–Trinajstić information content (AvgIpc) is 3.36. The summed E-state index contributed by atoms with van der Waals surface area (Å²) in [5.41, 5.74) is 2.99. The van der Waals surface area contributed by atoms with E-state index in [1.807, 2.05) is 17.7 Å². The number of fused-ring (bicyclic) bond motifs is 1. The van der Waals surface area contributed by atoms with Crippen LogP contribution in [-0.4, -0.2) is 60.3 Å². The van der Waals surface area contributed by atoms with Gasteiger partial charge in [-0.1, -0.05) is 13.0 Å². The van der Waals surface area contributed by atoms with Crippen LogP contribution in [0.3, 0.4) is 0 Å². The third-order valence-electron chi connectivity index (χ3n) is 6.01. The standard InChI is InChI=1S/C21H28N4O4/c1-2-15-18-17(13-21(14-23-19(18)26)6-11-28-12-7-21)25(24-15)9-4-10-29-20(27)16-5-3-8-22-16/h3,5H,2,4,6-14H2,1H3,(H,23,26). The number of carbonyl (C=O) groups excluding carboxylic acids is 2. The number of hydrogen-bond donors (Lipinski definition) is 1. The number of esters is 1. The summed E-state index contributed by atoms with van der Waals surface area (Å²) in [4.78, 5) is 28.8. The van der Waals surface area contributed by atoms with E-state index in [9.17, 15) is 9.59 Å². The summed E-state index contributed by atoms with van der Waals surface area (Å²) >= 11 is 0. The Morgan fingerprint density at radius 2 is 2.21 bits per heavy atom. The molecule has 156 valence electrons. The molecule has 3 aliphatic rings. The van der Waals surface area contributed by atoms with Crippen LogP contribution in [0.15, 0.2) is 17.1 Å². The fourth-order valence-electron chi connectivity index (χ4n) is 4.31. The predicted molar refractivity (Wildman–Crippen MR) is 107 cm³/mol. The van der Waals surface area contributed by atoms with E-state index >= 15 is 0 Å². The van der Waals surface area contributed by atoms with Crippen molar-refractivity contribution in [3.05, 3.63) is 29.1 Å². The fraction of sp³-hybridized carbons (Fsp3) is 0.619. The van der Waals surface area contributed by atoms with Gasteiger partial charge in [0.15, 0.2) is 0 Å². The highest BCUT2D eigenvalue weighted by atomic mass is 16.5. The van der Waals surface area contributed by atoms with Gasteiger partial charge in [0.2, 0.25) is 0 Å². The zero-order valence-electron chi connectivity index (χ0n) is 16.9. The molecule has 1 spiro atoms. The molecule has 0 aliphatic carbocycles. The van der Waals surface area contributed by atoms with E-state index in [0.29, 0.717) is 44.8 Å². The number of rotatable bonds is 6. The van der Waals surface area contributed by atoms with Crippen LogP contribution in [0.25, 0.3) is 0 Å². The zero-order chi connectivity index (χ0) is 20.3. The molecule has 1 fully saturated rings. The number of hydrogen-bond acceptors (Lipinski definition) is 6. The second-order valence-electron chi connectivity index (χ2n) is 7.93. The van der Waals surface area contributed by atoms with Crippen molar-refractivity contribution in [2.24, 2.45) is 10.4 Å². The SMILES string of the molecule is CCc1nn(CCCOC(=O)C2=NCC=C2)c2c1C(=O)NCC1(CCOCC1)C2. The van der Waals surface area contributed by atoms with Gasteiger partial charge in [-0.25, -0.2) is 4.79 Å². The highest BCUT2D eigenvalue weighted by molar-refractivity contribution is 6.41. The first-order valence-electron chi connectivity index (χ1n) is 10.4. The molecule has 0 bridgehead atoms. The summed E-state index contributed by atoms with van der Waals surface area (Å²) in [5, 5.41) is 7.85. The van der Waals surface area contributed by atoms with Crippen molar-refractivity contribution in [1.82, 2.24) is 15.1 Å². The van der Waals surface area contributed by atoms with Gasteiger partial charge in [-0.15, -0.1) is 0 Å². The maximum atomic E-state index is 12.8. The number of aromatic nitrogens is 2. The summed E-state index contributed by atoms with van der Waals surface area (Å²) in [6.45, 7) is 5.61. The first kappa shape index (κ1) is 19.8. The fourth-order valence-corrected chi connectivity index (χ4v) is 4.31. The molecule has 1 N–H and O–H groups in total. The summed E-state index contributed by atoms with van der Waals surface area (Å²) in [6.07, 6.45) is 7.56. The molecule has 8 heteroatoms. The van der Waals surface area contributed by atoms with E-state index in [0.717, 1.165) is 49.4 Å². The second-order valence-corrected chi connectivity index (χ2v) is 7.93. The van der Waals surface area contributed by atoms with E-state index < -0.39 is 0 Å². The summed E-state index contributed by atoms with van der Waals surface area (Å²) in [6, 6.07) is 0. The quantitative estimate of drug-likeness (QED) is 0.576. The van der Waals surface area contributed by atoms with E-state index in [2.05, 4.69) is 10.3 Å². The third-order valence-corrected chi connectivity index (χ3v) is 6.01. The van der Waals surface area contributed by atoms with E-state index in [-0.39, 0.29) is 17.3 Å². The van der Waals surface area contributed by atoms with Gasteiger partial charge >= 0.3 is 5.97 Å².